The van der Waals surface area contributed by atoms with Crippen LogP contribution in [0.25, 0.3) is 0 Å². The number of halogens is 1. The van der Waals surface area contributed by atoms with Crippen LogP contribution in [0.15, 0.2) is 35.0 Å². The van der Waals surface area contributed by atoms with Crippen molar-refractivity contribution in [2.75, 3.05) is 23.8 Å². The fraction of sp³-hybridized carbons (Fsp3) is 0.231. The first-order valence-corrected chi connectivity index (χ1v) is 6.48. The average Bonchev–Trinajstić information content (AvgIpc) is 2.78. The molecular weight excluding hydrogens is 235 g/mol. The summed E-state index contributed by atoms with van der Waals surface area (Å²) in [4.78, 5) is 2.17. The monoisotopic (exact) mass is 248 g/mol. The Hall–Kier alpha value is -1.55. The van der Waals surface area contributed by atoms with Crippen molar-refractivity contribution in [2.45, 2.75) is 6.04 Å². The number of likely N-dealkylation sites (N-methyl/N-ethyl adjacent to an activating group) is 1. The third kappa shape index (κ3) is 1.78. The normalized spacial score (nSPS) is 18.7. The second-order valence-electron chi connectivity index (χ2n) is 4.27. The van der Waals surface area contributed by atoms with Crippen LogP contribution in [0.1, 0.15) is 11.6 Å². The molecule has 0 saturated heterocycles. The van der Waals surface area contributed by atoms with E-state index in [-0.39, 0.29) is 11.9 Å². The van der Waals surface area contributed by atoms with Crippen LogP contribution in [0.4, 0.5) is 15.8 Å². The van der Waals surface area contributed by atoms with Gasteiger partial charge in [0.05, 0.1) is 17.4 Å². The molecule has 0 fully saturated rings. The Balaban J connectivity index is 1.96. The Kier molecular flexibility index (Phi) is 2.52. The number of benzene rings is 1. The number of hydrogen-bond donors (Lipinski definition) is 1. The zero-order valence-corrected chi connectivity index (χ0v) is 10.3. The molecule has 3 rings (SSSR count). The van der Waals surface area contributed by atoms with Crippen molar-refractivity contribution in [1.82, 2.24) is 0 Å². The molecule has 1 aromatic heterocycles. The molecule has 1 aromatic carbocycles. The summed E-state index contributed by atoms with van der Waals surface area (Å²) < 4.78 is 13.7. The van der Waals surface area contributed by atoms with Crippen molar-refractivity contribution in [3.8, 4) is 0 Å². The van der Waals surface area contributed by atoms with Gasteiger partial charge in [-0.25, -0.2) is 4.39 Å². The molecule has 1 atom stereocenters. The fourth-order valence-corrected chi connectivity index (χ4v) is 3.06. The van der Waals surface area contributed by atoms with E-state index in [2.05, 4.69) is 21.0 Å². The van der Waals surface area contributed by atoms with Crippen molar-refractivity contribution in [3.05, 3.63) is 46.4 Å². The highest BCUT2D eigenvalue weighted by atomic mass is 32.1. The van der Waals surface area contributed by atoms with Gasteiger partial charge in [0.15, 0.2) is 0 Å². The first-order valence-electron chi connectivity index (χ1n) is 5.54. The minimum atomic E-state index is -0.142. The van der Waals surface area contributed by atoms with E-state index in [9.17, 15) is 4.39 Å². The summed E-state index contributed by atoms with van der Waals surface area (Å²) >= 11 is 1.66. The second-order valence-corrected chi connectivity index (χ2v) is 5.01. The van der Waals surface area contributed by atoms with Gasteiger partial charge < -0.3 is 10.2 Å². The molecule has 2 nitrogen and oxygen atoms in total. The third-order valence-electron chi connectivity index (χ3n) is 3.12. The highest BCUT2D eigenvalue weighted by Crippen LogP contribution is 2.37. The van der Waals surface area contributed by atoms with E-state index >= 15 is 0 Å². The molecular formula is C13H13FN2S. The molecule has 1 N–H and O–H groups in total. The van der Waals surface area contributed by atoms with Gasteiger partial charge in [0.1, 0.15) is 5.82 Å². The van der Waals surface area contributed by atoms with E-state index in [1.165, 1.54) is 11.8 Å². The molecule has 0 saturated carbocycles. The molecule has 0 radical (unpaired) electrons. The van der Waals surface area contributed by atoms with Crippen LogP contribution >= 0.6 is 11.3 Å². The van der Waals surface area contributed by atoms with Crippen LogP contribution < -0.4 is 10.2 Å². The first kappa shape index (κ1) is 10.6. The van der Waals surface area contributed by atoms with E-state index < -0.39 is 0 Å². The van der Waals surface area contributed by atoms with Crippen LogP contribution in [-0.4, -0.2) is 13.6 Å². The van der Waals surface area contributed by atoms with E-state index in [4.69, 9.17) is 0 Å². The van der Waals surface area contributed by atoms with Gasteiger partial charge in [-0.05, 0) is 6.07 Å². The summed E-state index contributed by atoms with van der Waals surface area (Å²) in [5, 5.41) is 7.57. The SMILES string of the molecule is CN1CC(c2ccccc2F)Nc2cscc21. The van der Waals surface area contributed by atoms with Crippen LogP contribution in [0.5, 0.6) is 0 Å². The maximum atomic E-state index is 13.7. The molecule has 2 aromatic rings. The highest BCUT2D eigenvalue weighted by Gasteiger charge is 2.24. The van der Waals surface area contributed by atoms with Gasteiger partial charge in [0, 0.05) is 29.9 Å². The lowest BCUT2D eigenvalue weighted by molar-refractivity contribution is 0.587. The van der Waals surface area contributed by atoms with Crippen molar-refractivity contribution < 1.29 is 4.39 Å². The number of nitrogens with one attached hydrogen (secondary N) is 1. The van der Waals surface area contributed by atoms with Gasteiger partial charge in [0.2, 0.25) is 0 Å². The lowest BCUT2D eigenvalue weighted by atomic mass is 10.0. The average molecular weight is 248 g/mol. The van der Waals surface area contributed by atoms with E-state index in [1.807, 2.05) is 19.2 Å². The van der Waals surface area contributed by atoms with Crippen molar-refractivity contribution >= 4 is 22.7 Å². The Morgan fingerprint density at radius 1 is 1.35 bits per heavy atom. The second kappa shape index (κ2) is 4.04. The van der Waals surface area contributed by atoms with Gasteiger partial charge in [-0.15, -0.1) is 11.3 Å². The largest absolute Gasteiger partial charge is 0.374 e. The smallest absolute Gasteiger partial charge is 0.128 e. The molecule has 88 valence electrons. The Morgan fingerprint density at radius 3 is 3.00 bits per heavy atom. The molecule has 2 heterocycles. The molecule has 0 amide bonds. The maximum absolute atomic E-state index is 13.7. The minimum absolute atomic E-state index is 0.0169. The lowest BCUT2D eigenvalue weighted by Gasteiger charge is -2.33. The van der Waals surface area contributed by atoms with E-state index in [0.29, 0.717) is 0 Å². The minimum Gasteiger partial charge on any atom is -0.374 e. The van der Waals surface area contributed by atoms with Crippen LogP contribution in [0.2, 0.25) is 0 Å². The summed E-state index contributed by atoms with van der Waals surface area (Å²) in [5.41, 5.74) is 3.02. The Bertz CT molecular complexity index is 538. The van der Waals surface area contributed by atoms with Crippen LogP contribution in [-0.2, 0) is 0 Å². The molecule has 1 aliphatic rings. The zero-order valence-electron chi connectivity index (χ0n) is 9.48. The summed E-state index contributed by atoms with van der Waals surface area (Å²) in [6.07, 6.45) is 0. The number of thiophene rings is 1. The van der Waals surface area contributed by atoms with Crippen molar-refractivity contribution in [2.24, 2.45) is 0 Å². The highest BCUT2D eigenvalue weighted by molar-refractivity contribution is 7.09. The van der Waals surface area contributed by atoms with Gasteiger partial charge >= 0.3 is 0 Å². The number of fused-ring (bicyclic) bond motifs is 1. The predicted molar refractivity (Wildman–Crippen MR) is 70.4 cm³/mol. The Labute approximate surface area is 104 Å². The van der Waals surface area contributed by atoms with Gasteiger partial charge in [-0.2, -0.15) is 0 Å². The quantitative estimate of drug-likeness (QED) is 0.831. The topological polar surface area (TPSA) is 15.3 Å². The molecule has 0 spiro atoms. The summed E-state index contributed by atoms with van der Waals surface area (Å²) in [5.74, 6) is -0.142. The van der Waals surface area contributed by atoms with Crippen molar-refractivity contribution in [3.63, 3.8) is 0 Å². The zero-order chi connectivity index (χ0) is 11.8. The first-order chi connectivity index (χ1) is 8.25. The molecule has 1 aliphatic heterocycles. The molecule has 0 bridgehead atoms. The number of hydrogen-bond acceptors (Lipinski definition) is 3. The third-order valence-corrected chi connectivity index (χ3v) is 3.85. The Morgan fingerprint density at radius 2 is 2.18 bits per heavy atom. The number of nitrogens with zero attached hydrogens (tertiary/aromatic N) is 1. The maximum Gasteiger partial charge on any atom is 0.128 e. The van der Waals surface area contributed by atoms with Gasteiger partial charge in [-0.1, -0.05) is 18.2 Å². The lowest BCUT2D eigenvalue weighted by Crippen LogP contribution is -2.33. The van der Waals surface area contributed by atoms with Gasteiger partial charge in [0.25, 0.3) is 0 Å². The summed E-state index contributed by atoms with van der Waals surface area (Å²) in [7, 11) is 2.04. The van der Waals surface area contributed by atoms with Gasteiger partial charge in [-0.3, -0.25) is 0 Å². The standard InChI is InChI=1S/C13H13FN2S/c1-16-6-11(9-4-2-3-5-10(9)14)15-12-7-17-8-13(12)16/h2-5,7-8,11,15H,6H2,1H3. The molecule has 0 aliphatic carbocycles. The number of rotatable bonds is 1. The summed E-state index contributed by atoms with van der Waals surface area (Å²) in [6, 6.07) is 6.98. The molecule has 1 unspecified atom stereocenters. The van der Waals surface area contributed by atoms with Crippen LogP contribution in [0.3, 0.4) is 0 Å². The van der Waals surface area contributed by atoms with E-state index in [0.717, 1.165) is 17.8 Å². The fourth-order valence-electron chi connectivity index (χ4n) is 2.23. The number of anilines is 2. The van der Waals surface area contributed by atoms with Crippen LogP contribution in [0, 0.1) is 5.82 Å². The predicted octanol–water partition coefficient (Wildman–Crippen LogP) is 3.49. The van der Waals surface area contributed by atoms with Crippen molar-refractivity contribution in [1.29, 1.82) is 0 Å². The van der Waals surface area contributed by atoms with E-state index in [1.54, 1.807) is 17.4 Å². The molecule has 17 heavy (non-hydrogen) atoms. The molecule has 4 heteroatoms. The summed E-state index contributed by atoms with van der Waals surface area (Å²) in [6.45, 7) is 0.782.